The van der Waals surface area contributed by atoms with Crippen molar-refractivity contribution in [1.82, 2.24) is 5.32 Å². The summed E-state index contributed by atoms with van der Waals surface area (Å²) in [5.74, 6) is -0.627. The van der Waals surface area contributed by atoms with Gasteiger partial charge in [-0.25, -0.2) is 4.39 Å². The summed E-state index contributed by atoms with van der Waals surface area (Å²) in [4.78, 5) is 0. The molecule has 1 atom stereocenters. The van der Waals surface area contributed by atoms with E-state index in [0.29, 0.717) is 12.0 Å². The number of rotatable bonds is 4. The van der Waals surface area contributed by atoms with Gasteiger partial charge >= 0.3 is 6.61 Å². The normalized spacial score (nSPS) is 19.9. The minimum Gasteiger partial charge on any atom is -0.435 e. The van der Waals surface area contributed by atoms with Gasteiger partial charge in [0.25, 0.3) is 0 Å². The summed E-state index contributed by atoms with van der Waals surface area (Å²) < 4.78 is 41.6. The molecular weight excluding hydrogens is 231 g/mol. The molecule has 0 saturated carbocycles. The number of benzene rings is 1. The lowest BCUT2D eigenvalue weighted by atomic mass is 10.0. The summed E-state index contributed by atoms with van der Waals surface area (Å²) >= 11 is 0. The highest BCUT2D eigenvalue weighted by atomic mass is 19.3. The molecule has 17 heavy (non-hydrogen) atoms. The molecule has 0 aromatic heterocycles. The highest BCUT2D eigenvalue weighted by molar-refractivity contribution is 5.29. The molecule has 0 aliphatic carbocycles. The molecular formula is C12H14F3NO. The summed E-state index contributed by atoms with van der Waals surface area (Å²) in [7, 11) is 0. The molecule has 2 rings (SSSR count). The van der Waals surface area contributed by atoms with Gasteiger partial charge in [-0.1, -0.05) is 6.07 Å². The lowest BCUT2D eigenvalue weighted by Crippen LogP contribution is -2.24. The minimum absolute atomic E-state index is 0.138. The zero-order valence-electron chi connectivity index (χ0n) is 9.26. The molecule has 0 amide bonds. The summed E-state index contributed by atoms with van der Waals surface area (Å²) in [5.41, 5.74) is 0.533. The molecule has 1 saturated heterocycles. The average Bonchev–Trinajstić information content (AvgIpc) is 2.74. The molecule has 0 spiro atoms. The highest BCUT2D eigenvalue weighted by Crippen LogP contribution is 2.21. The molecule has 1 heterocycles. The van der Waals surface area contributed by atoms with Crippen LogP contribution in [0.5, 0.6) is 5.75 Å². The molecule has 1 fully saturated rings. The maximum absolute atomic E-state index is 13.6. The van der Waals surface area contributed by atoms with E-state index in [1.807, 2.05) is 0 Å². The Balaban J connectivity index is 2.03. The first kappa shape index (κ1) is 12.2. The average molecular weight is 245 g/mol. The molecule has 1 aliphatic rings. The first-order valence-electron chi connectivity index (χ1n) is 5.62. The molecule has 0 radical (unpaired) electrons. The van der Waals surface area contributed by atoms with E-state index in [1.54, 1.807) is 0 Å². The van der Waals surface area contributed by atoms with Crippen molar-refractivity contribution in [2.24, 2.45) is 0 Å². The van der Waals surface area contributed by atoms with Crippen molar-refractivity contribution in [2.75, 3.05) is 6.54 Å². The van der Waals surface area contributed by atoms with Gasteiger partial charge in [0.2, 0.25) is 0 Å². The quantitative estimate of drug-likeness (QED) is 0.880. The molecule has 94 valence electrons. The van der Waals surface area contributed by atoms with Crippen LogP contribution in [-0.4, -0.2) is 19.2 Å². The fourth-order valence-electron chi connectivity index (χ4n) is 2.07. The van der Waals surface area contributed by atoms with Gasteiger partial charge in [-0.05, 0) is 37.4 Å². The SMILES string of the molecule is Fc1cc(OC(F)F)ccc1CC1CCCN1. The van der Waals surface area contributed by atoms with E-state index in [9.17, 15) is 13.2 Å². The number of hydrogen-bond donors (Lipinski definition) is 1. The van der Waals surface area contributed by atoms with Crippen molar-refractivity contribution in [3.05, 3.63) is 29.6 Å². The molecule has 1 aromatic carbocycles. The van der Waals surface area contributed by atoms with Crippen LogP contribution in [-0.2, 0) is 6.42 Å². The van der Waals surface area contributed by atoms with Crippen molar-refractivity contribution >= 4 is 0 Å². The van der Waals surface area contributed by atoms with Crippen molar-refractivity contribution in [1.29, 1.82) is 0 Å². The maximum atomic E-state index is 13.6. The number of nitrogens with one attached hydrogen (secondary N) is 1. The van der Waals surface area contributed by atoms with E-state index in [0.717, 1.165) is 25.5 Å². The third kappa shape index (κ3) is 3.36. The monoisotopic (exact) mass is 245 g/mol. The third-order valence-corrected chi connectivity index (χ3v) is 2.88. The van der Waals surface area contributed by atoms with E-state index in [1.165, 1.54) is 12.1 Å². The number of ether oxygens (including phenoxy) is 1. The van der Waals surface area contributed by atoms with Crippen molar-refractivity contribution in [2.45, 2.75) is 31.9 Å². The first-order valence-corrected chi connectivity index (χ1v) is 5.62. The Morgan fingerprint density at radius 1 is 1.41 bits per heavy atom. The lowest BCUT2D eigenvalue weighted by Gasteiger charge is -2.12. The van der Waals surface area contributed by atoms with Crippen LogP contribution >= 0.6 is 0 Å². The minimum atomic E-state index is -2.92. The van der Waals surface area contributed by atoms with Gasteiger partial charge in [0.15, 0.2) is 0 Å². The van der Waals surface area contributed by atoms with Gasteiger partial charge in [0.05, 0.1) is 0 Å². The molecule has 1 N–H and O–H groups in total. The van der Waals surface area contributed by atoms with E-state index in [2.05, 4.69) is 10.1 Å². The van der Waals surface area contributed by atoms with Crippen LogP contribution < -0.4 is 10.1 Å². The number of hydrogen-bond acceptors (Lipinski definition) is 2. The topological polar surface area (TPSA) is 21.3 Å². The van der Waals surface area contributed by atoms with Gasteiger partial charge in [-0.15, -0.1) is 0 Å². The Morgan fingerprint density at radius 3 is 2.82 bits per heavy atom. The summed E-state index contributed by atoms with van der Waals surface area (Å²) in [6.45, 7) is -1.96. The zero-order valence-corrected chi connectivity index (χ0v) is 9.26. The summed E-state index contributed by atoms with van der Waals surface area (Å²) in [6, 6.07) is 4.18. The Hall–Kier alpha value is -1.23. The molecule has 0 bridgehead atoms. The standard InChI is InChI=1S/C12H14F3NO/c13-11-7-10(17-12(14)15)4-3-8(11)6-9-2-1-5-16-9/h3-4,7,9,12,16H,1-2,5-6H2. The second-order valence-corrected chi connectivity index (χ2v) is 4.13. The fourth-order valence-corrected chi connectivity index (χ4v) is 2.07. The zero-order chi connectivity index (χ0) is 12.3. The van der Waals surface area contributed by atoms with Gasteiger partial charge in [-0.3, -0.25) is 0 Å². The van der Waals surface area contributed by atoms with Crippen LogP contribution in [0.3, 0.4) is 0 Å². The Labute approximate surface area is 97.8 Å². The molecule has 1 aliphatic heterocycles. The van der Waals surface area contributed by atoms with E-state index in [-0.39, 0.29) is 11.8 Å². The Bertz CT molecular complexity index is 378. The first-order chi connectivity index (χ1) is 8.15. The number of alkyl halides is 2. The highest BCUT2D eigenvalue weighted by Gasteiger charge is 2.17. The van der Waals surface area contributed by atoms with Crippen LogP contribution in [0.1, 0.15) is 18.4 Å². The predicted molar refractivity (Wildman–Crippen MR) is 57.8 cm³/mol. The van der Waals surface area contributed by atoms with Gasteiger partial charge < -0.3 is 10.1 Å². The van der Waals surface area contributed by atoms with Crippen molar-refractivity contribution in [3.8, 4) is 5.75 Å². The lowest BCUT2D eigenvalue weighted by molar-refractivity contribution is -0.0500. The summed E-state index contributed by atoms with van der Waals surface area (Å²) in [5, 5.41) is 3.26. The largest absolute Gasteiger partial charge is 0.435 e. The van der Waals surface area contributed by atoms with Gasteiger partial charge in [0, 0.05) is 12.1 Å². The number of halogens is 3. The van der Waals surface area contributed by atoms with Gasteiger partial charge in [-0.2, -0.15) is 8.78 Å². The molecule has 1 aromatic rings. The Kier molecular flexibility index (Phi) is 3.89. The van der Waals surface area contributed by atoms with Crippen molar-refractivity contribution < 1.29 is 17.9 Å². The van der Waals surface area contributed by atoms with Gasteiger partial charge in [0.1, 0.15) is 11.6 Å². The fraction of sp³-hybridized carbons (Fsp3) is 0.500. The predicted octanol–water partition coefficient (Wildman–Crippen LogP) is 2.72. The Morgan fingerprint density at radius 2 is 2.24 bits per heavy atom. The van der Waals surface area contributed by atoms with Crippen LogP contribution in [0.4, 0.5) is 13.2 Å². The second kappa shape index (κ2) is 5.40. The van der Waals surface area contributed by atoms with Crippen LogP contribution in [0.25, 0.3) is 0 Å². The van der Waals surface area contributed by atoms with E-state index in [4.69, 9.17) is 0 Å². The van der Waals surface area contributed by atoms with Crippen LogP contribution in [0, 0.1) is 5.82 Å². The molecule has 2 nitrogen and oxygen atoms in total. The summed E-state index contributed by atoms with van der Waals surface area (Å²) in [6.07, 6.45) is 2.70. The van der Waals surface area contributed by atoms with Crippen molar-refractivity contribution in [3.63, 3.8) is 0 Å². The molecule has 1 unspecified atom stereocenters. The second-order valence-electron chi connectivity index (χ2n) is 4.13. The van der Waals surface area contributed by atoms with Crippen LogP contribution in [0.2, 0.25) is 0 Å². The smallest absolute Gasteiger partial charge is 0.387 e. The van der Waals surface area contributed by atoms with Crippen LogP contribution in [0.15, 0.2) is 18.2 Å². The maximum Gasteiger partial charge on any atom is 0.387 e. The molecule has 5 heteroatoms. The van der Waals surface area contributed by atoms with E-state index >= 15 is 0 Å². The van der Waals surface area contributed by atoms with E-state index < -0.39 is 12.4 Å². The third-order valence-electron chi connectivity index (χ3n) is 2.88.